The van der Waals surface area contributed by atoms with Gasteiger partial charge in [0, 0.05) is 0 Å². The summed E-state index contributed by atoms with van der Waals surface area (Å²) in [6, 6.07) is 0. The molecule has 2 unspecified atom stereocenters. The molecular weight excluding hydrogens is 146 g/mol. The fraction of sp³-hybridized carbons (Fsp3) is 1.00. The number of hydrogen-bond acceptors (Lipinski definition) is 0. The molecule has 0 fully saturated rings. The normalized spacial score (nSPS) is 0. The Hall–Kier alpha value is 1.21. The monoisotopic (exact) mass is 160 g/mol. The summed E-state index contributed by atoms with van der Waals surface area (Å²) in [4.78, 5) is 0. The molecule has 3 heteroatoms. The number of rotatable bonds is 0. The van der Waals surface area contributed by atoms with E-state index in [-0.39, 0.29) is 46.2 Å². The minimum Gasteiger partial charge on any atom is -0.0149 e. The summed E-state index contributed by atoms with van der Waals surface area (Å²) in [5, 5.41) is 0. The van der Waals surface area contributed by atoms with Gasteiger partial charge < -0.3 is 0 Å². The van der Waals surface area contributed by atoms with E-state index in [9.17, 15) is 0 Å². The average Bonchev–Trinajstić information content (AvgIpc) is 0. The van der Waals surface area contributed by atoms with Gasteiger partial charge in [0.2, 0.25) is 0 Å². The molecule has 32 valence electrons. The molecule has 0 aliphatic heterocycles. The molecule has 0 aliphatic carbocycles. The Labute approximate surface area is 46.7 Å². The van der Waals surface area contributed by atoms with Gasteiger partial charge in [-0.3, -0.25) is 0 Å². The molecule has 0 aromatic carbocycles. The van der Waals surface area contributed by atoms with Crippen molar-refractivity contribution < 1.29 is 0 Å². The van der Waals surface area contributed by atoms with Crippen molar-refractivity contribution in [1.29, 1.82) is 0 Å². The van der Waals surface area contributed by atoms with Gasteiger partial charge in [-0.25, -0.2) is 0 Å². The maximum Gasteiger partial charge on any atom is -0.0149 e. The van der Waals surface area contributed by atoms with Crippen molar-refractivity contribution in [3.63, 3.8) is 0 Å². The fourth-order valence-corrected chi connectivity index (χ4v) is 0. The molecule has 0 nitrogen and oxygen atoms in total. The molecule has 0 aliphatic rings. The van der Waals surface area contributed by atoms with E-state index in [2.05, 4.69) is 0 Å². The minimum atomic E-state index is 0. The Morgan fingerprint density at radius 2 is 1.00 bits per heavy atom. The number of hydrogen-bond donors (Lipinski definition) is 0. The second-order valence-electron chi connectivity index (χ2n) is 0. The maximum absolute atomic E-state index is 0. The Morgan fingerprint density at radius 3 is 1.00 bits per heavy atom. The van der Waals surface area contributed by atoms with Crippen LogP contribution in [0.4, 0.5) is 0 Å². The van der Waals surface area contributed by atoms with Crippen molar-refractivity contribution in [1.82, 2.24) is 0 Å². The van der Waals surface area contributed by atoms with Crippen LogP contribution in [0.3, 0.4) is 0 Å². The molecule has 0 saturated carbocycles. The molecule has 0 amide bonds. The van der Waals surface area contributed by atoms with E-state index in [1.807, 2.05) is 0 Å². The molecule has 0 aromatic heterocycles. The molecular formula is CH14AsPSi. The van der Waals surface area contributed by atoms with Crippen molar-refractivity contribution >= 4 is 38.8 Å². The molecule has 0 aromatic rings. The third-order valence-electron chi connectivity index (χ3n) is 0. The van der Waals surface area contributed by atoms with Gasteiger partial charge in [-0.1, -0.05) is 7.43 Å². The third-order valence-corrected chi connectivity index (χ3v) is 0. The van der Waals surface area contributed by atoms with Crippen LogP contribution in [0.1, 0.15) is 7.43 Å². The van der Waals surface area contributed by atoms with Crippen molar-refractivity contribution in [3.8, 4) is 0 Å². The molecule has 0 N–H and O–H groups in total. The van der Waals surface area contributed by atoms with Crippen LogP contribution in [0.5, 0.6) is 0 Å². The molecule has 0 radical (unpaired) electrons. The molecule has 0 saturated heterocycles. The first kappa shape index (κ1) is 63.4. The first-order valence-corrected chi connectivity index (χ1v) is 0. The van der Waals surface area contributed by atoms with Crippen LogP contribution in [-0.2, 0) is 0 Å². The standard InChI is InChI=1S/CH4.AsH3.H3P.H4Si/h1H4;2*1H3;1H4. The molecule has 2 atom stereocenters. The predicted octanol–water partition coefficient (Wildman–Crippen LogP) is -1.94. The van der Waals surface area contributed by atoms with Crippen molar-refractivity contribution in [2.24, 2.45) is 0 Å². The van der Waals surface area contributed by atoms with E-state index >= 15 is 0 Å². The summed E-state index contributed by atoms with van der Waals surface area (Å²) in [5.74, 6) is 0. The van der Waals surface area contributed by atoms with Crippen molar-refractivity contribution in [2.75, 3.05) is 0 Å². The molecule has 0 rings (SSSR count). The summed E-state index contributed by atoms with van der Waals surface area (Å²) in [5.41, 5.74) is 0. The van der Waals surface area contributed by atoms with E-state index in [0.717, 1.165) is 0 Å². The average molecular weight is 160 g/mol. The maximum atomic E-state index is 0. The van der Waals surface area contributed by atoms with Crippen LogP contribution < -0.4 is 0 Å². The molecule has 0 heterocycles. The van der Waals surface area contributed by atoms with E-state index in [1.54, 1.807) is 0 Å². The minimum absolute atomic E-state index is 0. The smallest absolute Gasteiger partial charge is 0.0149 e. The van der Waals surface area contributed by atoms with Gasteiger partial charge in [-0.05, 0) is 11.0 Å². The summed E-state index contributed by atoms with van der Waals surface area (Å²) in [6.45, 7) is 0. The van der Waals surface area contributed by atoms with Crippen molar-refractivity contribution in [2.45, 2.75) is 7.43 Å². The quantitative estimate of drug-likeness (QED) is 0.285. The second-order valence-corrected chi connectivity index (χ2v) is 0. The first-order chi connectivity index (χ1) is 0. The van der Waals surface area contributed by atoms with Gasteiger partial charge in [-0.2, -0.15) is 9.90 Å². The topological polar surface area (TPSA) is 0 Å². The van der Waals surface area contributed by atoms with Crippen LogP contribution >= 0.6 is 9.90 Å². The molecule has 4 heavy (non-hydrogen) atoms. The van der Waals surface area contributed by atoms with Crippen molar-refractivity contribution in [3.05, 3.63) is 0 Å². The summed E-state index contributed by atoms with van der Waals surface area (Å²) >= 11 is 0. The SMILES string of the molecule is C.P.[AsH3].[SiH4]. The van der Waals surface area contributed by atoms with E-state index < -0.39 is 0 Å². The molecule has 0 bridgehead atoms. The van der Waals surface area contributed by atoms with Crippen LogP contribution in [0.15, 0.2) is 0 Å². The first-order valence-electron chi connectivity index (χ1n) is 0. The predicted molar refractivity (Wildman–Crippen MR) is 39.1 cm³/mol. The zero-order chi connectivity index (χ0) is 0. The van der Waals surface area contributed by atoms with E-state index in [4.69, 9.17) is 0 Å². The Kier molecular flexibility index (Phi) is 471. The Morgan fingerprint density at radius 1 is 1.00 bits per heavy atom. The van der Waals surface area contributed by atoms with Crippen LogP contribution in [0.25, 0.3) is 0 Å². The van der Waals surface area contributed by atoms with Crippen LogP contribution in [-0.4, -0.2) is 28.9 Å². The van der Waals surface area contributed by atoms with Gasteiger partial charge in [-0.15, -0.1) is 0 Å². The second kappa shape index (κ2) is 29.7. The molecule has 0 spiro atoms. The van der Waals surface area contributed by atoms with E-state index in [1.165, 1.54) is 0 Å². The largest absolute Gasteiger partial charge is 0.0149 e. The van der Waals surface area contributed by atoms with E-state index in [0.29, 0.717) is 0 Å². The van der Waals surface area contributed by atoms with Crippen LogP contribution in [0.2, 0.25) is 0 Å². The summed E-state index contributed by atoms with van der Waals surface area (Å²) in [7, 11) is 0. The zero-order valence-corrected chi connectivity index (χ0v) is 5.80. The Balaban J connectivity index is 0. The van der Waals surface area contributed by atoms with Gasteiger partial charge in [0.1, 0.15) is 0 Å². The Bertz CT molecular complexity index is 8.00. The third kappa shape index (κ3) is 10.7. The van der Waals surface area contributed by atoms with Gasteiger partial charge >= 0.3 is 18.0 Å². The summed E-state index contributed by atoms with van der Waals surface area (Å²) < 4.78 is 0. The zero-order valence-electron chi connectivity index (χ0n) is 1.41. The van der Waals surface area contributed by atoms with Crippen LogP contribution in [0, 0.1) is 0 Å². The fourth-order valence-electron chi connectivity index (χ4n) is 0. The summed E-state index contributed by atoms with van der Waals surface area (Å²) in [6.07, 6.45) is 0. The van der Waals surface area contributed by atoms with Gasteiger partial charge in [0.15, 0.2) is 0 Å². The van der Waals surface area contributed by atoms with Gasteiger partial charge in [0.05, 0.1) is 0 Å². The van der Waals surface area contributed by atoms with Gasteiger partial charge in [0.25, 0.3) is 0 Å².